The number of carbonyl (C=O) groups is 2. The summed E-state index contributed by atoms with van der Waals surface area (Å²) in [6.45, 7) is 4.60. The van der Waals surface area contributed by atoms with Crippen LogP contribution in [-0.2, 0) is 24.3 Å². The van der Waals surface area contributed by atoms with Gasteiger partial charge in [0.05, 0.1) is 10.5 Å². The highest BCUT2D eigenvalue weighted by Crippen LogP contribution is 2.27. The number of rotatable bonds is 7. The van der Waals surface area contributed by atoms with Crippen molar-refractivity contribution in [1.29, 1.82) is 0 Å². The standard InChI is InChI=1S/C17H17NO8S/c1-3-16(21)25-10-11(2)26-17(22)12-4-6-13(7-5-12)27(23,24)18-14(19)8-9-15(18)20/h3-9,11,19-20H,1,10H2,2H3. The van der Waals surface area contributed by atoms with Crippen molar-refractivity contribution in [2.24, 2.45) is 0 Å². The third-order valence-corrected chi connectivity index (χ3v) is 5.08. The summed E-state index contributed by atoms with van der Waals surface area (Å²) in [5, 5.41) is 19.2. The van der Waals surface area contributed by atoms with Gasteiger partial charge in [-0.25, -0.2) is 18.0 Å². The van der Waals surface area contributed by atoms with Gasteiger partial charge in [0.2, 0.25) is 11.8 Å². The first-order valence-corrected chi connectivity index (χ1v) is 9.06. The average molecular weight is 395 g/mol. The molecule has 1 atom stereocenters. The molecule has 2 N–H and O–H groups in total. The van der Waals surface area contributed by atoms with Gasteiger partial charge >= 0.3 is 11.9 Å². The first-order valence-electron chi connectivity index (χ1n) is 7.62. The molecule has 0 spiro atoms. The van der Waals surface area contributed by atoms with E-state index in [1.165, 1.54) is 19.1 Å². The number of aromatic hydroxyl groups is 2. The Labute approximate surface area is 155 Å². The lowest BCUT2D eigenvalue weighted by atomic mass is 10.2. The SMILES string of the molecule is C=CC(=O)OCC(C)OC(=O)c1ccc(S(=O)(=O)n2c(O)ccc2O)cc1. The third kappa shape index (κ3) is 4.47. The minimum atomic E-state index is -4.25. The zero-order valence-electron chi connectivity index (χ0n) is 14.2. The number of esters is 2. The van der Waals surface area contributed by atoms with Crippen molar-refractivity contribution in [2.75, 3.05) is 6.61 Å². The van der Waals surface area contributed by atoms with Gasteiger partial charge in [-0.3, -0.25) is 0 Å². The van der Waals surface area contributed by atoms with E-state index in [1.807, 2.05) is 0 Å². The molecule has 0 radical (unpaired) electrons. The van der Waals surface area contributed by atoms with Crippen LogP contribution in [0.15, 0.2) is 53.9 Å². The summed E-state index contributed by atoms with van der Waals surface area (Å²) < 4.78 is 35.1. The van der Waals surface area contributed by atoms with Gasteiger partial charge in [-0.15, -0.1) is 0 Å². The summed E-state index contributed by atoms with van der Waals surface area (Å²) in [5.74, 6) is -2.70. The highest BCUT2D eigenvalue weighted by molar-refractivity contribution is 7.90. The Kier molecular flexibility index (Phi) is 5.91. The molecule has 0 saturated heterocycles. The van der Waals surface area contributed by atoms with Crippen LogP contribution in [0.5, 0.6) is 11.8 Å². The highest BCUT2D eigenvalue weighted by Gasteiger charge is 2.24. The van der Waals surface area contributed by atoms with Gasteiger partial charge < -0.3 is 19.7 Å². The summed E-state index contributed by atoms with van der Waals surface area (Å²) in [6.07, 6.45) is 0.257. The van der Waals surface area contributed by atoms with Crippen molar-refractivity contribution in [2.45, 2.75) is 17.9 Å². The molecule has 1 unspecified atom stereocenters. The fraction of sp³-hybridized carbons (Fsp3) is 0.176. The fourth-order valence-electron chi connectivity index (χ4n) is 2.06. The highest BCUT2D eigenvalue weighted by atomic mass is 32.2. The van der Waals surface area contributed by atoms with E-state index in [0.717, 1.165) is 30.3 Å². The van der Waals surface area contributed by atoms with Crippen LogP contribution in [0.4, 0.5) is 0 Å². The summed E-state index contributed by atoms with van der Waals surface area (Å²) in [4.78, 5) is 22.8. The van der Waals surface area contributed by atoms with Gasteiger partial charge in [0.1, 0.15) is 12.7 Å². The molecule has 2 aromatic rings. The Morgan fingerprint density at radius 2 is 1.70 bits per heavy atom. The second-order valence-corrected chi connectivity index (χ2v) is 7.18. The smallest absolute Gasteiger partial charge is 0.338 e. The summed E-state index contributed by atoms with van der Waals surface area (Å²) in [7, 11) is -4.25. The van der Waals surface area contributed by atoms with Gasteiger partial charge in [0.25, 0.3) is 10.0 Å². The Morgan fingerprint density at radius 1 is 1.15 bits per heavy atom. The number of aromatic nitrogens is 1. The molecule has 9 nitrogen and oxygen atoms in total. The quantitative estimate of drug-likeness (QED) is 0.531. The number of nitrogens with zero attached hydrogens (tertiary/aromatic N) is 1. The summed E-state index contributed by atoms with van der Waals surface area (Å²) >= 11 is 0. The maximum Gasteiger partial charge on any atom is 0.338 e. The van der Waals surface area contributed by atoms with Gasteiger partial charge in [-0.1, -0.05) is 6.58 Å². The molecule has 144 valence electrons. The first kappa shape index (κ1) is 20.0. The van der Waals surface area contributed by atoms with Crippen molar-refractivity contribution in [3.63, 3.8) is 0 Å². The molecule has 0 fully saturated rings. The molecule has 0 amide bonds. The molecule has 1 heterocycles. The van der Waals surface area contributed by atoms with E-state index in [1.54, 1.807) is 0 Å². The predicted molar refractivity (Wildman–Crippen MR) is 92.8 cm³/mol. The van der Waals surface area contributed by atoms with Gasteiger partial charge in [0, 0.05) is 18.2 Å². The van der Waals surface area contributed by atoms with Crippen LogP contribution in [0.25, 0.3) is 0 Å². The molecule has 1 aromatic heterocycles. The maximum atomic E-state index is 12.4. The van der Waals surface area contributed by atoms with E-state index < -0.39 is 39.8 Å². The van der Waals surface area contributed by atoms with E-state index in [4.69, 9.17) is 9.47 Å². The third-order valence-electron chi connectivity index (χ3n) is 3.36. The molecule has 27 heavy (non-hydrogen) atoms. The molecule has 2 rings (SSSR count). The fourth-order valence-corrected chi connectivity index (χ4v) is 3.36. The molecule has 10 heteroatoms. The number of carbonyl (C=O) groups excluding carboxylic acids is 2. The van der Waals surface area contributed by atoms with Crippen molar-refractivity contribution in [3.05, 3.63) is 54.6 Å². The predicted octanol–water partition coefficient (Wildman–Crippen LogP) is 1.41. The van der Waals surface area contributed by atoms with Crippen LogP contribution in [0, 0.1) is 0 Å². The van der Waals surface area contributed by atoms with Crippen LogP contribution >= 0.6 is 0 Å². The molecule has 0 bridgehead atoms. The second kappa shape index (κ2) is 7.96. The van der Waals surface area contributed by atoms with Crippen LogP contribution in [0.1, 0.15) is 17.3 Å². The van der Waals surface area contributed by atoms with Crippen LogP contribution in [0.3, 0.4) is 0 Å². The van der Waals surface area contributed by atoms with Gasteiger partial charge in [0.15, 0.2) is 0 Å². The van der Waals surface area contributed by atoms with Crippen LogP contribution in [0.2, 0.25) is 0 Å². The van der Waals surface area contributed by atoms with Crippen LogP contribution < -0.4 is 0 Å². The molecule has 0 aliphatic carbocycles. The van der Waals surface area contributed by atoms with E-state index >= 15 is 0 Å². The number of ether oxygens (including phenoxy) is 2. The zero-order chi connectivity index (χ0) is 20.2. The monoisotopic (exact) mass is 395 g/mol. The van der Waals surface area contributed by atoms with Crippen molar-refractivity contribution < 1.29 is 37.7 Å². The number of hydrogen-bond acceptors (Lipinski definition) is 8. The zero-order valence-corrected chi connectivity index (χ0v) is 15.0. The molecule has 1 aromatic carbocycles. The van der Waals surface area contributed by atoms with E-state index in [9.17, 15) is 28.2 Å². The number of hydrogen-bond donors (Lipinski definition) is 2. The summed E-state index contributed by atoms with van der Waals surface area (Å²) in [5.41, 5.74) is 0.0665. The van der Waals surface area contributed by atoms with Gasteiger partial charge in [-0.05, 0) is 31.2 Å². The average Bonchev–Trinajstić information content (AvgIpc) is 2.98. The van der Waals surface area contributed by atoms with E-state index in [2.05, 4.69) is 6.58 Å². The topological polar surface area (TPSA) is 132 Å². The molecule has 0 aliphatic heterocycles. The van der Waals surface area contributed by atoms with E-state index in [0.29, 0.717) is 3.97 Å². The Bertz CT molecular complexity index is 940. The van der Waals surface area contributed by atoms with Gasteiger partial charge in [-0.2, -0.15) is 3.97 Å². The van der Waals surface area contributed by atoms with E-state index in [-0.39, 0.29) is 17.1 Å². The molecule has 0 saturated carbocycles. The lowest BCUT2D eigenvalue weighted by Gasteiger charge is -2.13. The van der Waals surface area contributed by atoms with Crippen molar-refractivity contribution in [1.82, 2.24) is 3.97 Å². The minimum absolute atomic E-state index is 0.0665. The first-order chi connectivity index (χ1) is 12.7. The van der Waals surface area contributed by atoms with Crippen molar-refractivity contribution >= 4 is 22.0 Å². The second-order valence-electron chi connectivity index (χ2n) is 5.39. The number of benzene rings is 1. The molecular formula is C17H17NO8S. The largest absolute Gasteiger partial charge is 0.494 e. The summed E-state index contributed by atoms with van der Waals surface area (Å²) in [6, 6.07) is 6.75. The Balaban J connectivity index is 2.12. The minimum Gasteiger partial charge on any atom is -0.494 e. The lowest BCUT2D eigenvalue weighted by Crippen LogP contribution is -2.22. The Morgan fingerprint density at radius 3 is 2.22 bits per heavy atom. The maximum absolute atomic E-state index is 12.4. The molecular weight excluding hydrogens is 378 g/mol. The Hall–Kier alpha value is -3.27. The van der Waals surface area contributed by atoms with Crippen LogP contribution in [-0.4, -0.2) is 47.3 Å². The van der Waals surface area contributed by atoms with Crippen molar-refractivity contribution in [3.8, 4) is 11.8 Å². The molecule has 0 aliphatic rings. The normalized spacial score (nSPS) is 12.2. The lowest BCUT2D eigenvalue weighted by molar-refractivity contribution is -0.140.